The van der Waals surface area contributed by atoms with Crippen LogP contribution in [-0.4, -0.2) is 19.5 Å². The van der Waals surface area contributed by atoms with E-state index in [-0.39, 0.29) is 0 Å². The van der Waals surface area contributed by atoms with Crippen LogP contribution in [0, 0.1) is 0 Å². The maximum absolute atomic E-state index is 5.14. The average Bonchev–Trinajstić information content (AvgIpc) is 3.70. The van der Waals surface area contributed by atoms with Gasteiger partial charge in [0.05, 0.1) is 11.0 Å². The molecule has 0 spiro atoms. The molecule has 0 aliphatic rings. The highest BCUT2D eigenvalue weighted by atomic mass is 15.0. The summed E-state index contributed by atoms with van der Waals surface area (Å²) in [5, 5.41) is 14.9. The molecule has 0 fully saturated rings. The summed E-state index contributed by atoms with van der Waals surface area (Å²) in [5.41, 5.74) is 8.49. The Kier molecular flexibility index (Phi) is 7.87. The Hall–Kier alpha value is -8.47. The number of aromatic nitrogens is 4. The normalized spacial score (nSPS) is 11.8. The van der Waals surface area contributed by atoms with Gasteiger partial charge in [-0.15, -0.1) is 0 Å². The third kappa shape index (κ3) is 5.59. The van der Waals surface area contributed by atoms with Gasteiger partial charge in [-0.05, 0) is 89.8 Å². The van der Waals surface area contributed by atoms with Gasteiger partial charge in [0.1, 0.15) is 0 Å². The predicted molar refractivity (Wildman–Crippen MR) is 263 cm³/mol. The Labute approximate surface area is 363 Å². The fourth-order valence-corrected chi connectivity index (χ4v) is 9.95. The van der Waals surface area contributed by atoms with Crippen molar-refractivity contribution in [1.82, 2.24) is 19.5 Å². The Morgan fingerprint density at radius 3 is 1.44 bits per heavy atom. The molecule has 0 aliphatic heterocycles. The fraction of sp³-hybridized carbons (Fsp3) is 0. The minimum atomic E-state index is 0.620. The van der Waals surface area contributed by atoms with Crippen molar-refractivity contribution in [2.75, 3.05) is 0 Å². The zero-order chi connectivity index (χ0) is 41.4. The lowest BCUT2D eigenvalue weighted by Crippen LogP contribution is -2.01. The molecule has 0 saturated carbocycles. The van der Waals surface area contributed by atoms with E-state index in [1.165, 1.54) is 75.8 Å². The van der Waals surface area contributed by atoms with Gasteiger partial charge in [-0.1, -0.05) is 188 Å². The first-order chi connectivity index (χ1) is 31.2. The Morgan fingerprint density at radius 2 is 0.794 bits per heavy atom. The lowest BCUT2D eigenvalue weighted by Gasteiger charge is -2.17. The maximum Gasteiger partial charge on any atom is 0.164 e. The van der Waals surface area contributed by atoms with E-state index in [4.69, 9.17) is 15.0 Å². The molecule has 0 amide bonds. The van der Waals surface area contributed by atoms with E-state index in [1.54, 1.807) is 0 Å². The summed E-state index contributed by atoms with van der Waals surface area (Å²) >= 11 is 0. The van der Waals surface area contributed by atoms with Crippen molar-refractivity contribution in [3.05, 3.63) is 218 Å². The summed E-state index contributed by atoms with van der Waals surface area (Å²) < 4.78 is 2.47. The number of nitrogens with zero attached hydrogens (tertiary/aromatic N) is 4. The van der Waals surface area contributed by atoms with Crippen LogP contribution in [0.4, 0.5) is 0 Å². The highest BCUT2D eigenvalue weighted by Crippen LogP contribution is 2.46. The minimum absolute atomic E-state index is 0.620. The molecule has 0 N–H and O–H groups in total. The van der Waals surface area contributed by atoms with Crippen molar-refractivity contribution in [1.29, 1.82) is 0 Å². The highest BCUT2D eigenvalue weighted by molar-refractivity contribution is 6.29. The van der Waals surface area contributed by atoms with Gasteiger partial charge < -0.3 is 4.57 Å². The lowest BCUT2D eigenvalue weighted by molar-refractivity contribution is 1.07. The molecular weight excluding hydrogens is 765 g/mol. The molecule has 11 aromatic carbocycles. The van der Waals surface area contributed by atoms with Gasteiger partial charge in [0, 0.05) is 38.7 Å². The van der Waals surface area contributed by atoms with Gasteiger partial charge in [-0.25, -0.2) is 15.0 Å². The number of fused-ring (bicyclic) bond motifs is 12. The van der Waals surface area contributed by atoms with Crippen LogP contribution in [0.25, 0.3) is 127 Å². The van der Waals surface area contributed by atoms with Crippen LogP contribution in [0.3, 0.4) is 0 Å². The lowest BCUT2D eigenvalue weighted by atomic mass is 9.89. The number of hydrogen-bond donors (Lipinski definition) is 0. The highest BCUT2D eigenvalue weighted by Gasteiger charge is 2.23. The molecule has 0 atom stereocenters. The first-order valence-electron chi connectivity index (χ1n) is 21.4. The van der Waals surface area contributed by atoms with Crippen LogP contribution in [0.2, 0.25) is 0 Å². The Morgan fingerprint density at radius 1 is 0.286 bits per heavy atom. The standard InChI is InChI=1S/C59H36N4/c1-3-17-38(18-4-1)57-60-58(39-19-5-2-6-20-39)62-59(61-57)42-22-15-23-43(34-42)63-53-33-31-37-16-7-9-24-44(37)55(53)52-35-40-21-8-10-25-45(40)54(56(52)63)41-30-32-50-48-28-12-11-26-46(48)47-27-13-14-29-49(47)51(50)36-41/h1-36H. The molecule has 2 heterocycles. The van der Waals surface area contributed by atoms with E-state index in [0.29, 0.717) is 17.5 Å². The van der Waals surface area contributed by atoms with Crippen LogP contribution in [0.5, 0.6) is 0 Å². The molecule has 0 saturated heterocycles. The third-order valence-corrected chi connectivity index (χ3v) is 12.8. The first kappa shape index (κ1) is 35.3. The van der Waals surface area contributed by atoms with Crippen molar-refractivity contribution < 1.29 is 0 Å². The quantitative estimate of drug-likeness (QED) is 0.163. The Bertz CT molecular complexity index is 3870. The summed E-state index contributed by atoms with van der Waals surface area (Å²) in [6, 6.07) is 78.4. The van der Waals surface area contributed by atoms with Gasteiger partial charge in [-0.3, -0.25) is 0 Å². The molecule has 0 unspecified atom stereocenters. The minimum Gasteiger partial charge on any atom is -0.309 e. The number of rotatable bonds is 5. The van der Waals surface area contributed by atoms with Gasteiger partial charge in [0.2, 0.25) is 0 Å². The molecule has 13 rings (SSSR count). The summed E-state index contributed by atoms with van der Waals surface area (Å²) in [6.45, 7) is 0. The summed E-state index contributed by atoms with van der Waals surface area (Å²) in [4.78, 5) is 15.3. The van der Waals surface area contributed by atoms with E-state index < -0.39 is 0 Å². The largest absolute Gasteiger partial charge is 0.309 e. The monoisotopic (exact) mass is 800 g/mol. The van der Waals surface area contributed by atoms with Gasteiger partial charge in [-0.2, -0.15) is 0 Å². The van der Waals surface area contributed by atoms with Gasteiger partial charge in [0.15, 0.2) is 17.5 Å². The van der Waals surface area contributed by atoms with E-state index >= 15 is 0 Å². The third-order valence-electron chi connectivity index (χ3n) is 12.8. The Balaban J connectivity index is 1.13. The van der Waals surface area contributed by atoms with E-state index in [0.717, 1.165) is 33.4 Å². The fourth-order valence-electron chi connectivity index (χ4n) is 9.95. The second kappa shape index (κ2) is 14.1. The SMILES string of the molecule is c1ccc(-c2nc(-c3ccccc3)nc(-c3cccc(-n4c5ccc6ccccc6c5c5cc6ccccc6c(-c6ccc7c8ccccc8c8ccccc8c7c6)c54)c3)n2)cc1. The topological polar surface area (TPSA) is 43.6 Å². The molecule has 0 bridgehead atoms. The number of benzene rings is 11. The zero-order valence-electron chi connectivity index (χ0n) is 34.1. The van der Waals surface area contributed by atoms with Crippen LogP contribution in [0.1, 0.15) is 0 Å². The summed E-state index contributed by atoms with van der Waals surface area (Å²) in [7, 11) is 0. The van der Waals surface area contributed by atoms with E-state index in [9.17, 15) is 0 Å². The molecule has 2 aromatic heterocycles. The molecule has 0 aliphatic carbocycles. The summed E-state index contributed by atoms with van der Waals surface area (Å²) in [5.74, 6) is 1.90. The molecular formula is C59H36N4. The van der Waals surface area contributed by atoms with Gasteiger partial charge in [0.25, 0.3) is 0 Å². The molecule has 4 heteroatoms. The van der Waals surface area contributed by atoms with Crippen LogP contribution in [-0.2, 0) is 0 Å². The maximum atomic E-state index is 5.14. The predicted octanol–water partition coefficient (Wildman–Crippen LogP) is 15.4. The van der Waals surface area contributed by atoms with Crippen molar-refractivity contribution in [3.63, 3.8) is 0 Å². The molecule has 0 radical (unpaired) electrons. The van der Waals surface area contributed by atoms with Crippen LogP contribution < -0.4 is 0 Å². The molecule has 292 valence electrons. The average molecular weight is 801 g/mol. The summed E-state index contributed by atoms with van der Waals surface area (Å²) in [6.07, 6.45) is 0. The second-order valence-corrected chi connectivity index (χ2v) is 16.3. The van der Waals surface area contributed by atoms with Crippen molar-refractivity contribution in [3.8, 4) is 51.0 Å². The second-order valence-electron chi connectivity index (χ2n) is 16.3. The van der Waals surface area contributed by atoms with Crippen molar-refractivity contribution in [2.45, 2.75) is 0 Å². The first-order valence-corrected chi connectivity index (χ1v) is 21.4. The van der Waals surface area contributed by atoms with Crippen LogP contribution >= 0.6 is 0 Å². The van der Waals surface area contributed by atoms with E-state index in [1.807, 2.05) is 36.4 Å². The smallest absolute Gasteiger partial charge is 0.164 e. The van der Waals surface area contributed by atoms with Crippen LogP contribution in [0.15, 0.2) is 218 Å². The molecule has 63 heavy (non-hydrogen) atoms. The van der Waals surface area contributed by atoms with Crippen molar-refractivity contribution >= 4 is 75.7 Å². The van der Waals surface area contributed by atoms with Crippen molar-refractivity contribution in [2.24, 2.45) is 0 Å². The molecule has 13 aromatic rings. The van der Waals surface area contributed by atoms with E-state index in [2.05, 4.69) is 187 Å². The number of hydrogen-bond acceptors (Lipinski definition) is 3. The van der Waals surface area contributed by atoms with Gasteiger partial charge >= 0.3 is 0 Å². The molecule has 4 nitrogen and oxygen atoms in total. The zero-order valence-corrected chi connectivity index (χ0v) is 34.1.